The summed E-state index contributed by atoms with van der Waals surface area (Å²) in [5.74, 6) is -0.160. The van der Waals surface area contributed by atoms with Gasteiger partial charge >= 0.3 is 6.18 Å². The number of carbonyl (C=O) groups is 1. The van der Waals surface area contributed by atoms with Crippen molar-refractivity contribution in [1.29, 1.82) is 0 Å². The van der Waals surface area contributed by atoms with Gasteiger partial charge in [-0.15, -0.1) is 11.3 Å². The summed E-state index contributed by atoms with van der Waals surface area (Å²) in [5, 5.41) is 2.36. The van der Waals surface area contributed by atoms with Gasteiger partial charge in [0.25, 0.3) is 0 Å². The Morgan fingerprint density at radius 3 is 2.37 bits per heavy atom. The van der Waals surface area contributed by atoms with Gasteiger partial charge in [-0.1, -0.05) is 35.9 Å². The molecule has 0 radical (unpaired) electrons. The number of anilines is 2. The average Bonchev–Trinajstić information content (AvgIpc) is 3.10. The van der Waals surface area contributed by atoms with Crippen LogP contribution >= 0.6 is 11.3 Å². The second kappa shape index (κ2) is 8.97. The Hall–Kier alpha value is -2.71. The molecule has 158 valence electrons. The number of amides is 1. The molecule has 8 heteroatoms. The second-order valence-electron chi connectivity index (χ2n) is 7.14. The third-order valence-electron chi connectivity index (χ3n) is 4.53. The third-order valence-corrected chi connectivity index (χ3v) is 5.41. The van der Waals surface area contributed by atoms with E-state index in [-0.39, 0.29) is 18.0 Å². The van der Waals surface area contributed by atoms with Crippen LogP contribution in [-0.4, -0.2) is 22.8 Å². The van der Waals surface area contributed by atoms with Crippen LogP contribution in [0.3, 0.4) is 0 Å². The molecule has 1 heterocycles. The maximum Gasteiger partial charge on any atom is 0.416 e. The maximum atomic E-state index is 13.2. The molecule has 0 fully saturated rings. The molecule has 30 heavy (non-hydrogen) atoms. The van der Waals surface area contributed by atoms with E-state index < -0.39 is 11.7 Å². The fourth-order valence-corrected chi connectivity index (χ4v) is 4.03. The molecular weight excluding hydrogens is 411 g/mol. The van der Waals surface area contributed by atoms with E-state index >= 15 is 0 Å². The predicted molar refractivity (Wildman–Crippen MR) is 113 cm³/mol. The lowest BCUT2D eigenvalue weighted by Gasteiger charge is -2.19. The molecule has 0 atom stereocenters. The van der Waals surface area contributed by atoms with E-state index in [1.807, 2.05) is 36.6 Å². The van der Waals surface area contributed by atoms with Crippen LogP contribution in [0.5, 0.6) is 0 Å². The Morgan fingerprint density at radius 2 is 1.73 bits per heavy atom. The van der Waals surface area contributed by atoms with E-state index in [1.165, 1.54) is 35.3 Å². The van der Waals surface area contributed by atoms with Crippen molar-refractivity contribution in [3.05, 3.63) is 76.3 Å². The fourth-order valence-electron chi connectivity index (χ4n) is 3.15. The number of rotatable bonds is 6. The summed E-state index contributed by atoms with van der Waals surface area (Å²) < 4.78 is 39.6. The molecule has 0 saturated heterocycles. The normalized spacial score (nSPS) is 11.7. The van der Waals surface area contributed by atoms with E-state index in [4.69, 9.17) is 0 Å². The highest BCUT2D eigenvalue weighted by atomic mass is 32.1. The van der Waals surface area contributed by atoms with E-state index in [0.29, 0.717) is 17.4 Å². The minimum absolute atomic E-state index is 0.136. The van der Waals surface area contributed by atoms with Crippen molar-refractivity contribution < 1.29 is 18.0 Å². The lowest BCUT2D eigenvalue weighted by molar-refractivity contribution is -0.138. The van der Waals surface area contributed by atoms with Crippen molar-refractivity contribution in [3.63, 3.8) is 0 Å². The molecule has 0 spiro atoms. The standard InChI is InChI=1S/C22H22F3N3OS/c1-15-8-10-19(11-9-15)28(16(2)29)21-26-18(14-30-21)13-27(3)12-17-6-4-5-7-20(17)22(23,24)25/h4-11,14H,12-13H2,1-3H3. The second-order valence-corrected chi connectivity index (χ2v) is 7.98. The predicted octanol–water partition coefficient (Wildman–Crippen LogP) is 5.79. The topological polar surface area (TPSA) is 36.4 Å². The molecule has 1 aromatic heterocycles. The molecule has 4 nitrogen and oxygen atoms in total. The molecule has 0 unspecified atom stereocenters. The van der Waals surface area contributed by atoms with Crippen molar-refractivity contribution >= 4 is 28.1 Å². The van der Waals surface area contributed by atoms with Crippen LogP contribution in [0.25, 0.3) is 0 Å². The number of benzene rings is 2. The van der Waals surface area contributed by atoms with Crippen LogP contribution in [0.4, 0.5) is 24.0 Å². The molecule has 2 aromatic carbocycles. The number of aromatic nitrogens is 1. The summed E-state index contributed by atoms with van der Waals surface area (Å²) in [7, 11) is 1.74. The van der Waals surface area contributed by atoms with Gasteiger partial charge in [0, 0.05) is 25.4 Å². The Kier molecular flexibility index (Phi) is 6.58. The van der Waals surface area contributed by atoms with Crippen molar-refractivity contribution in [2.24, 2.45) is 0 Å². The van der Waals surface area contributed by atoms with E-state index in [9.17, 15) is 18.0 Å². The zero-order chi connectivity index (χ0) is 21.9. The van der Waals surface area contributed by atoms with Crippen LogP contribution in [-0.2, 0) is 24.1 Å². The molecular formula is C22H22F3N3OS. The number of thiazole rings is 1. The minimum Gasteiger partial charge on any atom is -0.296 e. The first-order valence-electron chi connectivity index (χ1n) is 9.30. The van der Waals surface area contributed by atoms with Crippen LogP contribution in [0.1, 0.15) is 29.3 Å². The molecule has 1 amide bonds. The highest BCUT2D eigenvalue weighted by molar-refractivity contribution is 7.14. The Morgan fingerprint density at radius 1 is 1.07 bits per heavy atom. The van der Waals surface area contributed by atoms with Gasteiger partial charge < -0.3 is 0 Å². The van der Waals surface area contributed by atoms with Crippen LogP contribution < -0.4 is 4.90 Å². The highest BCUT2D eigenvalue weighted by Gasteiger charge is 2.33. The first-order chi connectivity index (χ1) is 14.1. The highest BCUT2D eigenvalue weighted by Crippen LogP contribution is 2.33. The average molecular weight is 433 g/mol. The zero-order valence-electron chi connectivity index (χ0n) is 16.9. The lowest BCUT2D eigenvalue weighted by atomic mass is 10.1. The molecule has 0 saturated carbocycles. The largest absolute Gasteiger partial charge is 0.416 e. The van der Waals surface area contributed by atoms with Gasteiger partial charge in [-0.05, 0) is 37.7 Å². The molecule has 0 bridgehead atoms. The van der Waals surface area contributed by atoms with Gasteiger partial charge in [0.05, 0.1) is 16.9 Å². The number of halogens is 3. The molecule has 0 N–H and O–H groups in total. The van der Waals surface area contributed by atoms with Gasteiger partial charge in [0.2, 0.25) is 5.91 Å². The van der Waals surface area contributed by atoms with Gasteiger partial charge in [0.1, 0.15) is 0 Å². The van der Waals surface area contributed by atoms with E-state index in [2.05, 4.69) is 4.98 Å². The first kappa shape index (κ1) is 22.0. The van der Waals surface area contributed by atoms with Gasteiger partial charge in [-0.25, -0.2) is 4.98 Å². The number of alkyl halides is 3. The summed E-state index contributed by atoms with van der Waals surface area (Å²) in [5.41, 5.74) is 2.09. The summed E-state index contributed by atoms with van der Waals surface area (Å²) in [6.45, 7) is 3.94. The zero-order valence-corrected chi connectivity index (χ0v) is 17.7. The maximum absolute atomic E-state index is 13.2. The van der Waals surface area contributed by atoms with Crippen LogP contribution in [0.2, 0.25) is 0 Å². The van der Waals surface area contributed by atoms with Crippen molar-refractivity contribution in [2.75, 3.05) is 11.9 Å². The Balaban J connectivity index is 1.75. The van der Waals surface area contributed by atoms with Crippen LogP contribution in [0, 0.1) is 6.92 Å². The summed E-state index contributed by atoms with van der Waals surface area (Å²) >= 11 is 1.33. The number of carbonyl (C=O) groups excluding carboxylic acids is 1. The quantitative estimate of drug-likeness (QED) is 0.494. The van der Waals surface area contributed by atoms with Gasteiger partial charge in [-0.3, -0.25) is 14.6 Å². The number of hydrogen-bond donors (Lipinski definition) is 0. The van der Waals surface area contributed by atoms with Crippen molar-refractivity contribution in [3.8, 4) is 0 Å². The molecule has 0 aliphatic heterocycles. The summed E-state index contributed by atoms with van der Waals surface area (Å²) in [4.78, 5) is 20.1. The van der Waals surface area contributed by atoms with Crippen molar-refractivity contribution in [2.45, 2.75) is 33.1 Å². The molecule has 3 rings (SSSR count). The lowest BCUT2D eigenvalue weighted by Crippen LogP contribution is -2.23. The van der Waals surface area contributed by atoms with E-state index in [0.717, 1.165) is 17.3 Å². The SMILES string of the molecule is CC(=O)N(c1ccc(C)cc1)c1nc(CN(C)Cc2ccccc2C(F)(F)F)cs1. The van der Waals surface area contributed by atoms with Gasteiger partial charge in [-0.2, -0.15) is 13.2 Å². The smallest absolute Gasteiger partial charge is 0.296 e. The number of hydrogen-bond acceptors (Lipinski definition) is 4. The number of aryl methyl sites for hydroxylation is 1. The summed E-state index contributed by atoms with van der Waals surface area (Å²) in [6.07, 6.45) is -4.39. The van der Waals surface area contributed by atoms with Gasteiger partial charge in [0.15, 0.2) is 5.13 Å². The van der Waals surface area contributed by atoms with Crippen LogP contribution in [0.15, 0.2) is 53.9 Å². The first-order valence-corrected chi connectivity index (χ1v) is 10.2. The third kappa shape index (κ3) is 5.25. The van der Waals surface area contributed by atoms with E-state index in [1.54, 1.807) is 18.0 Å². The Bertz CT molecular complexity index is 1010. The minimum atomic E-state index is -4.39. The van der Waals surface area contributed by atoms with Crippen molar-refractivity contribution in [1.82, 2.24) is 9.88 Å². The Labute approximate surface area is 177 Å². The molecule has 3 aromatic rings. The molecule has 0 aliphatic rings. The monoisotopic (exact) mass is 433 g/mol. The summed E-state index contributed by atoms with van der Waals surface area (Å²) in [6, 6.07) is 13.1. The fraction of sp³-hybridized carbons (Fsp3) is 0.273. The molecule has 0 aliphatic carbocycles. The number of nitrogens with zero attached hydrogens (tertiary/aromatic N) is 3.